The Bertz CT molecular complexity index is 688. The van der Waals surface area contributed by atoms with Crippen molar-refractivity contribution in [1.29, 1.82) is 0 Å². The molecule has 1 amide bonds. The van der Waals surface area contributed by atoms with E-state index in [2.05, 4.69) is 50.4 Å². The van der Waals surface area contributed by atoms with E-state index in [9.17, 15) is 4.79 Å². The number of rotatable bonds is 2. The lowest BCUT2D eigenvalue weighted by Crippen LogP contribution is -2.14. The van der Waals surface area contributed by atoms with Crippen molar-refractivity contribution < 1.29 is 4.79 Å². The first-order chi connectivity index (χ1) is 9.56. The molecule has 0 radical (unpaired) electrons. The van der Waals surface area contributed by atoms with Gasteiger partial charge in [-0.2, -0.15) is 0 Å². The van der Waals surface area contributed by atoms with E-state index in [1.807, 2.05) is 12.1 Å². The Morgan fingerprint density at radius 3 is 2.55 bits per heavy atom. The largest absolute Gasteiger partial charge is 0.325 e. The molecule has 0 saturated heterocycles. The first kappa shape index (κ1) is 12.9. The van der Waals surface area contributed by atoms with Crippen LogP contribution < -0.4 is 5.32 Å². The Hall–Kier alpha value is -2.09. The molecule has 0 fully saturated rings. The Morgan fingerprint density at radius 2 is 1.80 bits per heavy atom. The number of amides is 1. The number of nitrogens with one attached hydrogen (secondary N) is 1. The maximum absolute atomic E-state index is 12.3. The van der Waals surface area contributed by atoms with Gasteiger partial charge in [-0.05, 0) is 49.4 Å². The molecule has 1 heterocycles. The van der Waals surface area contributed by atoms with Gasteiger partial charge in [0.15, 0.2) is 0 Å². The van der Waals surface area contributed by atoms with Crippen LogP contribution in [0, 0.1) is 20.8 Å². The van der Waals surface area contributed by atoms with Crippen molar-refractivity contribution in [3.05, 3.63) is 64.2 Å². The quantitative estimate of drug-likeness (QED) is 0.877. The Kier molecular flexibility index (Phi) is 3.09. The molecule has 2 aromatic carbocycles. The van der Waals surface area contributed by atoms with Crippen molar-refractivity contribution in [1.82, 2.24) is 0 Å². The summed E-state index contributed by atoms with van der Waals surface area (Å²) in [4.78, 5) is 12.3. The van der Waals surface area contributed by atoms with Gasteiger partial charge in [-0.3, -0.25) is 4.79 Å². The summed E-state index contributed by atoms with van der Waals surface area (Å²) in [5.41, 5.74) is 7.03. The fourth-order valence-electron chi connectivity index (χ4n) is 3.06. The Balaban J connectivity index is 2.01. The molecular formula is C18H19NO. The van der Waals surface area contributed by atoms with Crippen molar-refractivity contribution >= 4 is 11.6 Å². The Morgan fingerprint density at radius 1 is 1.05 bits per heavy atom. The van der Waals surface area contributed by atoms with Gasteiger partial charge in [-0.1, -0.05) is 42.0 Å². The van der Waals surface area contributed by atoms with E-state index in [0.717, 1.165) is 23.2 Å². The predicted molar refractivity (Wildman–Crippen MR) is 82.2 cm³/mol. The monoisotopic (exact) mass is 265 g/mol. The zero-order chi connectivity index (χ0) is 14.3. The van der Waals surface area contributed by atoms with E-state index < -0.39 is 0 Å². The van der Waals surface area contributed by atoms with E-state index in [0.29, 0.717) is 0 Å². The number of hydrogen-bond donors (Lipinski definition) is 1. The number of aryl methyl sites for hydroxylation is 3. The van der Waals surface area contributed by atoms with Gasteiger partial charge in [0.25, 0.3) is 0 Å². The van der Waals surface area contributed by atoms with Gasteiger partial charge in [0, 0.05) is 5.69 Å². The molecule has 0 spiro atoms. The predicted octanol–water partition coefficient (Wildman–Crippen LogP) is 3.89. The van der Waals surface area contributed by atoms with Crippen LogP contribution in [0.5, 0.6) is 0 Å². The summed E-state index contributed by atoms with van der Waals surface area (Å²) >= 11 is 0. The summed E-state index contributed by atoms with van der Waals surface area (Å²) in [7, 11) is 0. The molecule has 1 aliphatic heterocycles. The van der Waals surface area contributed by atoms with E-state index in [4.69, 9.17) is 0 Å². The lowest BCUT2D eigenvalue weighted by molar-refractivity contribution is -0.117. The fourth-order valence-corrected chi connectivity index (χ4v) is 3.06. The number of benzene rings is 2. The number of carbonyl (C=O) groups is 1. The standard InChI is InChI=1S/C18H19NO/c1-11-8-13(3)17-15(9-11)16(18(20)19-17)10-14-7-5-4-6-12(14)2/h4-9,16H,10H2,1-3H3,(H,19,20)/t16-/m1/s1. The molecule has 1 atom stereocenters. The molecule has 2 aromatic rings. The molecule has 2 nitrogen and oxygen atoms in total. The maximum atomic E-state index is 12.3. The van der Waals surface area contributed by atoms with Gasteiger partial charge in [-0.25, -0.2) is 0 Å². The van der Waals surface area contributed by atoms with Gasteiger partial charge in [0.05, 0.1) is 5.92 Å². The summed E-state index contributed by atoms with van der Waals surface area (Å²) in [5.74, 6) is 0.0571. The first-order valence-electron chi connectivity index (χ1n) is 7.03. The van der Waals surface area contributed by atoms with Crippen LogP contribution >= 0.6 is 0 Å². The molecule has 1 aliphatic rings. The van der Waals surface area contributed by atoms with Crippen LogP contribution in [0.4, 0.5) is 5.69 Å². The maximum Gasteiger partial charge on any atom is 0.232 e. The number of hydrogen-bond acceptors (Lipinski definition) is 1. The summed E-state index contributed by atoms with van der Waals surface area (Å²) in [6.07, 6.45) is 0.772. The third kappa shape index (κ3) is 2.11. The molecule has 1 N–H and O–H groups in total. The molecule has 3 rings (SSSR count). The molecule has 0 bridgehead atoms. The summed E-state index contributed by atoms with van der Waals surface area (Å²) in [6.45, 7) is 6.24. The van der Waals surface area contributed by atoms with Crippen LogP contribution in [0.25, 0.3) is 0 Å². The van der Waals surface area contributed by atoms with Crippen LogP contribution in [0.2, 0.25) is 0 Å². The number of anilines is 1. The van der Waals surface area contributed by atoms with E-state index in [1.54, 1.807) is 0 Å². The van der Waals surface area contributed by atoms with Crippen molar-refractivity contribution in [2.24, 2.45) is 0 Å². The third-order valence-electron chi connectivity index (χ3n) is 4.14. The van der Waals surface area contributed by atoms with Crippen LogP contribution in [-0.4, -0.2) is 5.91 Å². The highest BCUT2D eigenvalue weighted by molar-refractivity contribution is 6.04. The van der Waals surface area contributed by atoms with Crippen LogP contribution in [0.1, 0.15) is 33.7 Å². The molecule has 102 valence electrons. The SMILES string of the molecule is Cc1cc(C)c2c(c1)[C@@H](Cc1ccccc1C)C(=O)N2. The van der Waals surface area contributed by atoms with E-state index >= 15 is 0 Å². The van der Waals surface area contributed by atoms with Crippen molar-refractivity contribution in [2.75, 3.05) is 5.32 Å². The van der Waals surface area contributed by atoms with Crippen LogP contribution in [0.3, 0.4) is 0 Å². The minimum atomic E-state index is -0.0651. The first-order valence-corrected chi connectivity index (χ1v) is 7.03. The van der Waals surface area contributed by atoms with Gasteiger partial charge in [-0.15, -0.1) is 0 Å². The van der Waals surface area contributed by atoms with Gasteiger partial charge in [0.1, 0.15) is 0 Å². The lowest BCUT2D eigenvalue weighted by atomic mass is 9.90. The highest BCUT2D eigenvalue weighted by atomic mass is 16.2. The highest BCUT2D eigenvalue weighted by Crippen LogP contribution is 2.38. The minimum absolute atomic E-state index is 0.0651. The second-order valence-corrected chi connectivity index (χ2v) is 5.72. The van der Waals surface area contributed by atoms with Gasteiger partial charge < -0.3 is 5.32 Å². The van der Waals surface area contributed by atoms with Crippen LogP contribution in [0.15, 0.2) is 36.4 Å². The molecule has 2 heteroatoms. The molecule has 0 unspecified atom stereocenters. The average molecular weight is 265 g/mol. The van der Waals surface area contributed by atoms with Crippen molar-refractivity contribution in [3.8, 4) is 0 Å². The van der Waals surface area contributed by atoms with Gasteiger partial charge in [0.2, 0.25) is 5.91 Å². The van der Waals surface area contributed by atoms with Crippen molar-refractivity contribution in [3.63, 3.8) is 0 Å². The average Bonchev–Trinajstić information content (AvgIpc) is 2.70. The molecule has 0 aromatic heterocycles. The third-order valence-corrected chi connectivity index (χ3v) is 4.14. The molecule has 20 heavy (non-hydrogen) atoms. The Labute approximate surface area is 119 Å². The molecule has 0 aliphatic carbocycles. The summed E-state index contributed by atoms with van der Waals surface area (Å²) in [5, 5.41) is 3.04. The van der Waals surface area contributed by atoms with Crippen LogP contribution in [-0.2, 0) is 11.2 Å². The summed E-state index contributed by atoms with van der Waals surface area (Å²) in [6, 6.07) is 12.6. The second-order valence-electron chi connectivity index (χ2n) is 5.72. The van der Waals surface area contributed by atoms with Crippen molar-refractivity contribution in [2.45, 2.75) is 33.1 Å². The minimum Gasteiger partial charge on any atom is -0.325 e. The topological polar surface area (TPSA) is 29.1 Å². The smallest absolute Gasteiger partial charge is 0.232 e. The highest BCUT2D eigenvalue weighted by Gasteiger charge is 2.31. The zero-order valence-electron chi connectivity index (χ0n) is 12.2. The second kappa shape index (κ2) is 4.78. The summed E-state index contributed by atoms with van der Waals surface area (Å²) < 4.78 is 0. The fraction of sp³-hybridized carbons (Fsp3) is 0.278. The number of fused-ring (bicyclic) bond motifs is 1. The lowest BCUT2D eigenvalue weighted by Gasteiger charge is -2.12. The normalized spacial score (nSPS) is 16.9. The van der Waals surface area contributed by atoms with E-state index in [1.165, 1.54) is 16.7 Å². The molecule has 0 saturated carbocycles. The number of carbonyl (C=O) groups excluding carboxylic acids is 1. The zero-order valence-corrected chi connectivity index (χ0v) is 12.2. The van der Waals surface area contributed by atoms with Gasteiger partial charge >= 0.3 is 0 Å². The molecular weight excluding hydrogens is 246 g/mol. The van der Waals surface area contributed by atoms with E-state index in [-0.39, 0.29) is 11.8 Å².